The van der Waals surface area contributed by atoms with E-state index in [1.807, 2.05) is 54.6 Å². The maximum absolute atomic E-state index is 12.7. The molecule has 5 rings (SSSR count). The summed E-state index contributed by atoms with van der Waals surface area (Å²) in [5, 5.41) is 0. The first-order chi connectivity index (χ1) is 17.0. The predicted molar refractivity (Wildman–Crippen MR) is 136 cm³/mol. The number of aromatic amines is 1. The van der Waals surface area contributed by atoms with Gasteiger partial charge in [0.15, 0.2) is 0 Å². The summed E-state index contributed by atoms with van der Waals surface area (Å²) >= 11 is 0. The lowest BCUT2D eigenvalue weighted by molar-refractivity contribution is 0.414. The highest BCUT2D eigenvalue weighted by atomic mass is 32.2. The summed E-state index contributed by atoms with van der Waals surface area (Å²) in [6.45, 7) is 0. The molecular formula is C27H23N3O4S. The summed E-state index contributed by atoms with van der Waals surface area (Å²) in [5.74, 6) is 2.93. The highest BCUT2D eigenvalue weighted by Crippen LogP contribution is 2.24. The summed E-state index contributed by atoms with van der Waals surface area (Å²) in [4.78, 5) is 8.08. The first-order valence-electron chi connectivity index (χ1n) is 11.0. The number of rotatable bonds is 8. The molecule has 0 atom stereocenters. The van der Waals surface area contributed by atoms with Crippen LogP contribution in [0.2, 0.25) is 0 Å². The SMILES string of the molecule is COc1ccc(S(=O)(=O)Nc2ccc3nc(Cc4ccc(Oc5ccccc5)cc4)[nH]c3c2)cc1. The highest BCUT2D eigenvalue weighted by molar-refractivity contribution is 7.92. The molecule has 0 unspecified atom stereocenters. The van der Waals surface area contributed by atoms with E-state index in [-0.39, 0.29) is 4.90 Å². The Hall–Kier alpha value is -4.30. The van der Waals surface area contributed by atoms with E-state index in [1.54, 1.807) is 30.3 Å². The first kappa shape index (κ1) is 22.5. The number of methoxy groups -OCH3 is 1. The Labute approximate surface area is 203 Å². The topological polar surface area (TPSA) is 93.3 Å². The van der Waals surface area contributed by atoms with Gasteiger partial charge in [-0.3, -0.25) is 4.72 Å². The largest absolute Gasteiger partial charge is 0.497 e. The third kappa shape index (κ3) is 5.28. The number of para-hydroxylation sites is 1. The molecular weight excluding hydrogens is 462 g/mol. The van der Waals surface area contributed by atoms with Crippen molar-refractivity contribution in [1.29, 1.82) is 0 Å². The number of imidazole rings is 1. The zero-order chi connectivity index (χ0) is 24.3. The first-order valence-corrected chi connectivity index (χ1v) is 12.4. The fraction of sp³-hybridized carbons (Fsp3) is 0.0741. The molecule has 0 spiro atoms. The summed E-state index contributed by atoms with van der Waals surface area (Å²) in [6.07, 6.45) is 0.604. The van der Waals surface area contributed by atoms with Gasteiger partial charge in [-0.05, 0) is 72.3 Å². The molecule has 0 radical (unpaired) electrons. The van der Waals surface area contributed by atoms with Crippen LogP contribution in [0.4, 0.5) is 5.69 Å². The summed E-state index contributed by atoms with van der Waals surface area (Å²) in [5.41, 5.74) is 3.03. The van der Waals surface area contributed by atoms with E-state index in [0.717, 1.165) is 33.9 Å². The average molecular weight is 486 g/mol. The molecule has 7 nitrogen and oxygen atoms in total. The van der Waals surface area contributed by atoms with Gasteiger partial charge >= 0.3 is 0 Å². The van der Waals surface area contributed by atoms with E-state index < -0.39 is 10.0 Å². The number of aromatic nitrogens is 2. The third-order valence-corrected chi connectivity index (χ3v) is 6.82. The van der Waals surface area contributed by atoms with E-state index in [0.29, 0.717) is 17.9 Å². The second-order valence-electron chi connectivity index (χ2n) is 7.93. The number of H-pyrrole nitrogens is 1. The zero-order valence-corrected chi connectivity index (χ0v) is 19.7. The Bertz CT molecular complexity index is 1550. The van der Waals surface area contributed by atoms with Gasteiger partial charge in [0, 0.05) is 6.42 Å². The molecule has 176 valence electrons. The predicted octanol–water partition coefficient (Wildman–Crippen LogP) is 5.76. The lowest BCUT2D eigenvalue weighted by Crippen LogP contribution is -2.12. The third-order valence-electron chi connectivity index (χ3n) is 5.43. The van der Waals surface area contributed by atoms with Crippen molar-refractivity contribution in [2.75, 3.05) is 11.8 Å². The second-order valence-corrected chi connectivity index (χ2v) is 9.61. The van der Waals surface area contributed by atoms with Crippen LogP contribution in [0.1, 0.15) is 11.4 Å². The van der Waals surface area contributed by atoms with Crippen LogP contribution in [-0.4, -0.2) is 25.5 Å². The van der Waals surface area contributed by atoms with Gasteiger partial charge in [0.05, 0.1) is 28.7 Å². The lowest BCUT2D eigenvalue weighted by Gasteiger charge is -2.08. The van der Waals surface area contributed by atoms with Crippen molar-refractivity contribution in [3.8, 4) is 17.2 Å². The van der Waals surface area contributed by atoms with Gasteiger partial charge in [0.2, 0.25) is 0 Å². The van der Waals surface area contributed by atoms with Crippen LogP contribution in [0.5, 0.6) is 17.2 Å². The number of hydrogen-bond acceptors (Lipinski definition) is 5. The Morgan fingerprint density at radius 2 is 1.51 bits per heavy atom. The van der Waals surface area contributed by atoms with Crippen LogP contribution in [-0.2, 0) is 16.4 Å². The molecule has 35 heavy (non-hydrogen) atoms. The van der Waals surface area contributed by atoms with Crippen molar-refractivity contribution in [3.05, 3.63) is 108 Å². The van der Waals surface area contributed by atoms with Gasteiger partial charge < -0.3 is 14.5 Å². The van der Waals surface area contributed by atoms with Crippen molar-refractivity contribution in [2.24, 2.45) is 0 Å². The Kier molecular flexibility index (Phi) is 6.12. The molecule has 2 N–H and O–H groups in total. The van der Waals surface area contributed by atoms with Gasteiger partial charge in [-0.2, -0.15) is 0 Å². The van der Waals surface area contributed by atoms with Crippen LogP contribution in [0.3, 0.4) is 0 Å². The monoisotopic (exact) mass is 485 g/mol. The normalized spacial score (nSPS) is 11.3. The van der Waals surface area contributed by atoms with Gasteiger partial charge in [-0.15, -0.1) is 0 Å². The fourth-order valence-corrected chi connectivity index (χ4v) is 4.72. The van der Waals surface area contributed by atoms with Crippen LogP contribution < -0.4 is 14.2 Å². The molecule has 0 saturated heterocycles. The fourth-order valence-electron chi connectivity index (χ4n) is 3.67. The number of benzene rings is 4. The molecule has 1 heterocycles. The average Bonchev–Trinajstić information content (AvgIpc) is 3.27. The van der Waals surface area contributed by atoms with E-state index in [9.17, 15) is 8.42 Å². The van der Waals surface area contributed by atoms with Gasteiger partial charge in [-0.25, -0.2) is 13.4 Å². The number of nitrogens with zero attached hydrogens (tertiary/aromatic N) is 1. The molecule has 0 saturated carbocycles. The highest BCUT2D eigenvalue weighted by Gasteiger charge is 2.15. The van der Waals surface area contributed by atoms with E-state index >= 15 is 0 Å². The minimum atomic E-state index is -3.73. The van der Waals surface area contributed by atoms with Crippen LogP contribution in [0.25, 0.3) is 11.0 Å². The number of anilines is 1. The minimum absolute atomic E-state index is 0.156. The zero-order valence-electron chi connectivity index (χ0n) is 18.9. The molecule has 0 bridgehead atoms. The second kappa shape index (κ2) is 9.52. The van der Waals surface area contributed by atoms with Crippen molar-refractivity contribution in [1.82, 2.24) is 9.97 Å². The van der Waals surface area contributed by atoms with Crippen molar-refractivity contribution >= 4 is 26.7 Å². The molecule has 0 aliphatic carbocycles. The van der Waals surface area contributed by atoms with Gasteiger partial charge in [0.25, 0.3) is 10.0 Å². The quantitative estimate of drug-likeness (QED) is 0.292. The summed E-state index contributed by atoms with van der Waals surface area (Å²) in [6, 6.07) is 28.9. The van der Waals surface area contributed by atoms with E-state index in [2.05, 4.69) is 14.7 Å². The Morgan fingerprint density at radius 3 is 2.23 bits per heavy atom. The smallest absolute Gasteiger partial charge is 0.261 e. The Morgan fingerprint density at radius 1 is 0.829 bits per heavy atom. The van der Waals surface area contributed by atoms with E-state index in [1.165, 1.54) is 19.2 Å². The maximum atomic E-state index is 12.7. The molecule has 0 amide bonds. The maximum Gasteiger partial charge on any atom is 0.261 e. The minimum Gasteiger partial charge on any atom is -0.497 e. The number of fused-ring (bicyclic) bond motifs is 1. The Balaban J connectivity index is 1.28. The molecule has 0 aliphatic heterocycles. The van der Waals surface area contributed by atoms with Gasteiger partial charge in [-0.1, -0.05) is 30.3 Å². The standard InChI is InChI=1S/C27H23N3O4S/c1-33-21-12-14-24(15-13-21)35(31,32)30-20-9-16-25-26(18-20)29-27(28-25)17-19-7-10-23(11-8-19)34-22-5-3-2-4-6-22/h2-16,18,30H,17H2,1H3,(H,28,29). The lowest BCUT2D eigenvalue weighted by atomic mass is 10.1. The molecule has 1 aromatic heterocycles. The molecule has 5 aromatic rings. The summed E-state index contributed by atoms with van der Waals surface area (Å²) in [7, 11) is -2.19. The van der Waals surface area contributed by atoms with Crippen molar-refractivity contribution < 1.29 is 17.9 Å². The van der Waals surface area contributed by atoms with E-state index in [4.69, 9.17) is 9.47 Å². The molecule has 0 aliphatic rings. The molecule has 4 aromatic carbocycles. The number of ether oxygens (including phenoxy) is 2. The molecule has 0 fully saturated rings. The molecule has 8 heteroatoms. The van der Waals surface area contributed by atoms with Crippen LogP contribution in [0, 0.1) is 0 Å². The van der Waals surface area contributed by atoms with Crippen LogP contribution in [0.15, 0.2) is 102 Å². The number of sulfonamides is 1. The van der Waals surface area contributed by atoms with Crippen LogP contribution >= 0.6 is 0 Å². The number of nitrogens with one attached hydrogen (secondary N) is 2. The van der Waals surface area contributed by atoms with Crippen molar-refractivity contribution in [3.63, 3.8) is 0 Å². The van der Waals surface area contributed by atoms with Crippen molar-refractivity contribution in [2.45, 2.75) is 11.3 Å². The number of hydrogen-bond donors (Lipinski definition) is 2. The van der Waals surface area contributed by atoms with Gasteiger partial charge in [0.1, 0.15) is 23.1 Å². The summed E-state index contributed by atoms with van der Waals surface area (Å²) < 4.78 is 39.0.